The van der Waals surface area contributed by atoms with Crippen LogP contribution in [0.1, 0.15) is 17.3 Å². The third kappa shape index (κ3) is 4.50. The van der Waals surface area contributed by atoms with E-state index in [-0.39, 0.29) is 11.9 Å². The van der Waals surface area contributed by atoms with E-state index >= 15 is 0 Å². The second kappa shape index (κ2) is 6.71. The number of nitrogens with zero attached hydrogens (tertiary/aromatic N) is 1. The van der Waals surface area contributed by atoms with E-state index in [1.807, 2.05) is 6.92 Å². The van der Waals surface area contributed by atoms with E-state index in [9.17, 15) is 13.2 Å². The maximum Gasteiger partial charge on any atom is 0.251 e. The zero-order valence-corrected chi connectivity index (χ0v) is 12.9. The van der Waals surface area contributed by atoms with Crippen molar-refractivity contribution in [3.05, 3.63) is 29.8 Å². The largest absolute Gasteiger partial charge is 0.383 e. The number of carbonyl (C=O) groups excluding carboxylic acids is 1. The molecular formula is C13H20N2O4S. The van der Waals surface area contributed by atoms with Crippen LogP contribution in [0.4, 0.5) is 5.69 Å². The molecule has 0 spiro atoms. The zero-order valence-electron chi connectivity index (χ0n) is 12.1. The Bertz CT molecular complexity index is 554. The van der Waals surface area contributed by atoms with Gasteiger partial charge >= 0.3 is 0 Å². The minimum atomic E-state index is -3.30. The molecule has 0 aliphatic carbocycles. The van der Waals surface area contributed by atoms with Gasteiger partial charge in [0.05, 0.1) is 18.6 Å². The summed E-state index contributed by atoms with van der Waals surface area (Å²) in [6.07, 6.45) is 1.13. The van der Waals surface area contributed by atoms with Gasteiger partial charge in [0, 0.05) is 25.8 Å². The highest BCUT2D eigenvalue weighted by molar-refractivity contribution is 7.92. The van der Waals surface area contributed by atoms with Crippen LogP contribution in [0.3, 0.4) is 0 Å². The molecule has 6 nitrogen and oxygen atoms in total. The van der Waals surface area contributed by atoms with E-state index in [0.717, 1.165) is 10.6 Å². The van der Waals surface area contributed by atoms with Crippen molar-refractivity contribution < 1.29 is 17.9 Å². The number of hydrogen-bond acceptors (Lipinski definition) is 4. The number of methoxy groups -OCH3 is 1. The molecule has 0 saturated heterocycles. The van der Waals surface area contributed by atoms with Crippen molar-refractivity contribution in [1.82, 2.24) is 5.32 Å². The third-order valence-corrected chi connectivity index (χ3v) is 3.99. The predicted molar refractivity (Wildman–Crippen MR) is 78.5 cm³/mol. The Labute approximate surface area is 119 Å². The lowest BCUT2D eigenvalue weighted by molar-refractivity contribution is 0.0905. The molecule has 1 amide bonds. The molecule has 20 heavy (non-hydrogen) atoms. The average Bonchev–Trinajstić information content (AvgIpc) is 2.37. The highest BCUT2D eigenvalue weighted by atomic mass is 32.2. The summed E-state index contributed by atoms with van der Waals surface area (Å²) < 4.78 is 28.9. The summed E-state index contributed by atoms with van der Waals surface area (Å²) in [5.41, 5.74) is 0.979. The van der Waals surface area contributed by atoms with Crippen LogP contribution in [0.2, 0.25) is 0 Å². The number of anilines is 1. The van der Waals surface area contributed by atoms with Crippen LogP contribution >= 0.6 is 0 Å². The Morgan fingerprint density at radius 1 is 1.35 bits per heavy atom. The molecular weight excluding hydrogens is 280 g/mol. The SMILES string of the molecule is COC[C@@H](C)NC(=O)c1ccc(N(C)S(C)(=O)=O)cc1. The van der Waals surface area contributed by atoms with Crippen molar-refractivity contribution in [3.63, 3.8) is 0 Å². The van der Waals surface area contributed by atoms with Crippen LogP contribution in [0.15, 0.2) is 24.3 Å². The Hall–Kier alpha value is -1.60. The smallest absolute Gasteiger partial charge is 0.251 e. The maximum absolute atomic E-state index is 11.9. The minimum absolute atomic E-state index is 0.0918. The molecule has 0 saturated carbocycles. The third-order valence-electron chi connectivity index (χ3n) is 2.78. The molecule has 1 rings (SSSR count). The number of hydrogen-bond donors (Lipinski definition) is 1. The summed E-state index contributed by atoms with van der Waals surface area (Å²) in [6.45, 7) is 2.27. The van der Waals surface area contributed by atoms with E-state index in [0.29, 0.717) is 17.9 Å². The van der Waals surface area contributed by atoms with Gasteiger partial charge in [-0.05, 0) is 31.2 Å². The number of rotatable bonds is 6. The van der Waals surface area contributed by atoms with E-state index in [1.165, 1.54) is 7.05 Å². The summed E-state index contributed by atoms with van der Waals surface area (Å²) in [5.74, 6) is -0.219. The van der Waals surface area contributed by atoms with Crippen LogP contribution < -0.4 is 9.62 Å². The van der Waals surface area contributed by atoms with Crippen molar-refractivity contribution in [2.45, 2.75) is 13.0 Å². The van der Waals surface area contributed by atoms with Gasteiger partial charge in [0.2, 0.25) is 10.0 Å². The molecule has 0 heterocycles. The molecule has 0 aromatic heterocycles. The normalized spacial score (nSPS) is 12.8. The lowest BCUT2D eigenvalue weighted by Gasteiger charge is -2.17. The molecule has 1 aromatic carbocycles. The van der Waals surface area contributed by atoms with Gasteiger partial charge in [-0.1, -0.05) is 0 Å². The van der Waals surface area contributed by atoms with Gasteiger partial charge in [-0.25, -0.2) is 8.42 Å². The Morgan fingerprint density at radius 2 is 1.90 bits per heavy atom. The van der Waals surface area contributed by atoms with Gasteiger partial charge in [0.15, 0.2) is 0 Å². The van der Waals surface area contributed by atoms with Crippen molar-refractivity contribution in [2.24, 2.45) is 0 Å². The maximum atomic E-state index is 11.9. The molecule has 1 aromatic rings. The van der Waals surface area contributed by atoms with Gasteiger partial charge in [-0.2, -0.15) is 0 Å². The molecule has 0 unspecified atom stereocenters. The average molecular weight is 300 g/mol. The summed E-state index contributed by atoms with van der Waals surface area (Å²) in [7, 11) is -0.268. The van der Waals surface area contributed by atoms with E-state index in [2.05, 4.69) is 5.32 Å². The van der Waals surface area contributed by atoms with Gasteiger partial charge in [0.1, 0.15) is 0 Å². The van der Waals surface area contributed by atoms with Crippen LogP contribution in [0, 0.1) is 0 Å². The standard InChI is InChI=1S/C13H20N2O4S/c1-10(9-19-3)14-13(16)11-5-7-12(8-6-11)15(2)20(4,17)18/h5-8,10H,9H2,1-4H3,(H,14,16)/t10-/m1/s1. The molecule has 0 aliphatic rings. The van der Waals surface area contributed by atoms with Crippen LogP contribution in [0.5, 0.6) is 0 Å². The number of sulfonamides is 1. The first-order valence-corrected chi connectivity index (χ1v) is 7.94. The summed E-state index contributed by atoms with van der Waals surface area (Å²) in [4.78, 5) is 11.9. The molecule has 0 fully saturated rings. The van der Waals surface area contributed by atoms with Crippen molar-refractivity contribution >= 4 is 21.6 Å². The summed E-state index contributed by atoms with van der Waals surface area (Å²) in [5, 5.41) is 2.78. The highest BCUT2D eigenvalue weighted by Gasteiger charge is 2.13. The quantitative estimate of drug-likeness (QED) is 0.845. The number of benzene rings is 1. The highest BCUT2D eigenvalue weighted by Crippen LogP contribution is 2.16. The Morgan fingerprint density at radius 3 is 2.35 bits per heavy atom. The first kappa shape index (κ1) is 16.5. The van der Waals surface area contributed by atoms with E-state index < -0.39 is 10.0 Å². The summed E-state index contributed by atoms with van der Waals surface area (Å²) >= 11 is 0. The van der Waals surface area contributed by atoms with Crippen molar-refractivity contribution in [3.8, 4) is 0 Å². The number of ether oxygens (including phenoxy) is 1. The Kier molecular flexibility index (Phi) is 5.52. The van der Waals surface area contributed by atoms with Gasteiger partial charge in [0.25, 0.3) is 5.91 Å². The van der Waals surface area contributed by atoms with Crippen LogP contribution in [-0.4, -0.2) is 47.4 Å². The molecule has 7 heteroatoms. The number of nitrogens with one attached hydrogen (secondary N) is 1. The molecule has 0 bridgehead atoms. The topological polar surface area (TPSA) is 75.7 Å². The van der Waals surface area contributed by atoms with Gasteiger partial charge in [-0.3, -0.25) is 9.10 Å². The molecule has 0 aliphatic heterocycles. The van der Waals surface area contributed by atoms with Gasteiger partial charge in [-0.15, -0.1) is 0 Å². The fraction of sp³-hybridized carbons (Fsp3) is 0.462. The lowest BCUT2D eigenvalue weighted by atomic mass is 10.2. The van der Waals surface area contributed by atoms with Crippen molar-refractivity contribution in [1.29, 1.82) is 0 Å². The van der Waals surface area contributed by atoms with E-state index in [1.54, 1.807) is 31.4 Å². The fourth-order valence-electron chi connectivity index (χ4n) is 1.61. The fourth-order valence-corrected chi connectivity index (χ4v) is 2.12. The molecule has 1 atom stereocenters. The monoisotopic (exact) mass is 300 g/mol. The minimum Gasteiger partial charge on any atom is -0.383 e. The Balaban J connectivity index is 2.79. The van der Waals surface area contributed by atoms with Crippen LogP contribution in [-0.2, 0) is 14.8 Å². The number of amides is 1. The molecule has 0 radical (unpaired) electrons. The van der Waals surface area contributed by atoms with Crippen molar-refractivity contribution in [2.75, 3.05) is 31.3 Å². The predicted octanol–water partition coefficient (Wildman–Crippen LogP) is 0.847. The molecule has 1 N–H and O–H groups in total. The zero-order chi connectivity index (χ0) is 15.3. The second-order valence-electron chi connectivity index (χ2n) is 4.61. The van der Waals surface area contributed by atoms with Crippen LogP contribution in [0.25, 0.3) is 0 Å². The lowest BCUT2D eigenvalue weighted by Crippen LogP contribution is -2.35. The first-order chi connectivity index (χ1) is 9.25. The van der Waals surface area contributed by atoms with E-state index in [4.69, 9.17) is 4.74 Å². The van der Waals surface area contributed by atoms with Gasteiger partial charge < -0.3 is 10.1 Å². The number of carbonyl (C=O) groups is 1. The molecule has 112 valence electrons. The summed E-state index contributed by atoms with van der Waals surface area (Å²) in [6, 6.07) is 6.27. The second-order valence-corrected chi connectivity index (χ2v) is 6.62. The first-order valence-electron chi connectivity index (χ1n) is 6.09.